The second-order valence-corrected chi connectivity index (χ2v) is 7.35. The average Bonchev–Trinajstić information content (AvgIpc) is 2.94. The predicted molar refractivity (Wildman–Crippen MR) is 97.6 cm³/mol. The molecule has 1 N–H and O–H groups in total. The molecule has 0 saturated heterocycles. The van der Waals surface area contributed by atoms with Crippen molar-refractivity contribution in [3.8, 4) is 0 Å². The number of hydrogen-bond donors (Lipinski definition) is 1. The first-order valence-corrected chi connectivity index (χ1v) is 9.15. The maximum Gasteiger partial charge on any atom is 0.0965 e. The normalized spacial score (nSPS) is 14.9. The highest BCUT2D eigenvalue weighted by atomic mass is 79.9. The fourth-order valence-electron chi connectivity index (χ4n) is 3.01. The van der Waals surface area contributed by atoms with E-state index in [1.54, 1.807) is 0 Å². The van der Waals surface area contributed by atoms with Gasteiger partial charge in [-0.1, -0.05) is 11.3 Å². The maximum atomic E-state index is 4.75. The van der Waals surface area contributed by atoms with Crippen LogP contribution in [0.25, 0.3) is 10.9 Å². The minimum atomic E-state index is 0.564. The van der Waals surface area contributed by atoms with Crippen LogP contribution in [0.3, 0.4) is 0 Å². The molecule has 1 fully saturated rings. The lowest BCUT2D eigenvalue weighted by atomic mass is 9.93. The van der Waals surface area contributed by atoms with E-state index in [-0.39, 0.29) is 0 Å². The third-order valence-corrected chi connectivity index (χ3v) is 5.17. The van der Waals surface area contributed by atoms with Gasteiger partial charge < -0.3 is 5.32 Å². The number of nitrogens with one attached hydrogen (secondary N) is 1. The van der Waals surface area contributed by atoms with Gasteiger partial charge in [0.25, 0.3) is 0 Å². The van der Waals surface area contributed by atoms with Gasteiger partial charge in [-0.2, -0.15) is 0 Å². The van der Waals surface area contributed by atoms with Crippen LogP contribution in [0.2, 0.25) is 0 Å². The quantitative estimate of drug-likeness (QED) is 0.723. The first kappa shape index (κ1) is 15.7. The van der Waals surface area contributed by atoms with Gasteiger partial charge in [-0.15, -0.1) is 5.10 Å². The van der Waals surface area contributed by atoms with E-state index in [0.717, 1.165) is 26.8 Å². The number of aryl methyl sites for hydroxylation is 1. The molecule has 0 bridgehead atoms. The first-order valence-electron chi connectivity index (χ1n) is 8.36. The Kier molecular flexibility index (Phi) is 4.33. The van der Waals surface area contributed by atoms with Crippen LogP contribution in [0.1, 0.15) is 42.3 Å². The molecule has 0 radical (unpaired) electrons. The Hall–Kier alpha value is -1.79. The fraction of sp³-hybridized carbons (Fsp3) is 0.389. The van der Waals surface area contributed by atoms with Crippen molar-refractivity contribution >= 4 is 26.8 Å². The van der Waals surface area contributed by atoms with E-state index in [9.17, 15) is 0 Å². The zero-order valence-corrected chi connectivity index (χ0v) is 15.3. The summed E-state index contributed by atoms with van der Waals surface area (Å²) in [4.78, 5) is 4.75. The SMILES string of the molecule is Cc1cc(Br)c2nc(CNCc3cn(C4CCC4)nn3)ccc2c1. The van der Waals surface area contributed by atoms with Crippen LogP contribution in [0.4, 0.5) is 0 Å². The maximum absolute atomic E-state index is 4.75. The Morgan fingerprint density at radius 1 is 1.21 bits per heavy atom. The molecule has 1 aliphatic rings. The van der Waals surface area contributed by atoms with Crippen molar-refractivity contribution in [2.75, 3.05) is 0 Å². The smallest absolute Gasteiger partial charge is 0.0965 e. The first-order chi connectivity index (χ1) is 11.7. The molecule has 0 unspecified atom stereocenters. The van der Waals surface area contributed by atoms with Crippen LogP contribution in [0, 0.1) is 6.92 Å². The lowest BCUT2D eigenvalue weighted by Crippen LogP contribution is -2.17. The summed E-state index contributed by atoms with van der Waals surface area (Å²) in [6, 6.07) is 9.03. The minimum Gasteiger partial charge on any atom is -0.305 e. The van der Waals surface area contributed by atoms with Gasteiger partial charge in [-0.3, -0.25) is 4.98 Å². The number of nitrogens with zero attached hydrogens (tertiary/aromatic N) is 4. The van der Waals surface area contributed by atoms with Gasteiger partial charge in [0.05, 0.1) is 29.1 Å². The van der Waals surface area contributed by atoms with Gasteiger partial charge in [-0.25, -0.2) is 4.68 Å². The number of benzene rings is 1. The van der Waals surface area contributed by atoms with Gasteiger partial charge in [0, 0.05) is 22.9 Å². The molecule has 3 aromatic rings. The van der Waals surface area contributed by atoms with Crippen LogP contribution in [-0.2, 0) is 13.1 Å². The molecule has 1 aliphatic carbocycles. The lowest BCUT2D eigenvalue weighted by Gasteiger charge is -2.24. The van der Waals surface area contributed by atoms with Gasteiger partial charge in [0.2, 0.25) is 0 Å². The zero-order chi connectivity index (χ0) is 16.5. The molecule has 0 amide bonds. The van der Waals surface area contributed by atoms with Crippen molar-refractivity contribution < 1.29 is 0 Å². The highest BCUT2D eigenvalue weighted by Crippen LogP contribution is 2.30. The third kappa shape index (κ3) is 3.21. The van der Waals surface area contributed by atoms with Gasteiger partial charge >= 0.3 is 0 Å². The van der Waals surface area contributed by atoms with E-state index in [1.807, 2.05) is 4.68 Å². The average molecular weight is 386 g/mol. The second kappa shape index (κ2) is 6.61. The highest BCUT2D eigenvalue weighted by molar-refractivity contribution is 9.10. The molecule has 0 spiro atoms. The van der Waals surface area contributed by atoms with Gasteiger partial charge in [0.1, 0.15) is 0 Å². The summed E-state index contributed by atoms with van der Waals surface area (Å²) in [5.74, 6) is 0. The predicted octanol–water partition coefficient (Wildman–Crippen LogP) is 3.91. The summed E-state index contributed by atoms with van der Waals surface area (Å²) < 4.78 is 3.05. The van der Waals surface area contributed by atoms with Crippen molar-refractivity contribution in [2.45, 2.75) is 45.3 Å². The summed E-state index contributed by atoms with van der Waals surface area (Å²) in [7, 11) is 0. The molecule has 1 aromatic carbocycles. The summed E-state index contributed by atoms with van der Waals surface area (Å²) >= 11 is 3.61. The molecule has 1 saturated carbocycles. The fourth-order valence-corrected chi connectivity index (χ4v) is 3.69. The summed E-state index contributed by atoms with van der Waals surface area (Å²) in [6.45, 7) is 3.52. The topological polar surface area (TPSA) is 55.6 Å². The van der Waals surface area contributed by atoms with E-state index in [2.05, 4.69) is 68.9 Å². The molecule has 2 heterocycles. The highest BCUT2D eigenvalue weighted by Gasteiger charge is 2.20. The molecule has 24 heavy (non-hydrogen) atoms. The summed E-state index contributed by atoms with van der Waals surface area (Å²) in [6.07, 6.45) is 5.82. The van der Waals surface area contributed by atoms with E-state index in [1.165, 1.54) is 24.8 Å². The minimum absolute atomic E-state index is 0.564. The Labute approximate surface area is 149 Å². The number of aromatic nitrogens is 4. The number of halogens is 1. The molecule has 2 aromatic heterocycles. The summed E-state index contributed by atoms with van der Waals surface area (Å²) in [5, 5.41) is 13.0. The van der Waals surface area contributed by atoms with E-state index in [4.69, 9.17) is 4.98 Å². The number of fused-ring (bicyclic) bond motifs is 1. The monoisotopic (exact) mass is 385 g/mol. The van der Waals surface area contributed by atoms with Gasteiger partial charge in [0.15, 0.2) is 0 Å². The Morgan fingerprint density at radius 3 is 2.83 bits per heavy atom. The Bertz CT molecular complexity index is 869. The van der Waals surface area contributed by atoms with Crippen molar-refractivity contribution in [1.82, 2.24) is 25.3 Å². The second-order valence-electron chi connectivity index (χ2n) is 6.50. The van der Waals surface area contributed by atoms with E-state index < -0.39 is 0 Å². The van der Waals surface area contributed by atoms with Crippen molar-refractivity contribution in [3.63, 3.8) is 0 Å². The number of rotatable bonds is 5. The van der Waals surface area contributed by atoms with Gasteiger partial charge in [-0.05, 0) is 65.9 Å². The van der Waals surface area contributed by atoms with Crippen LogP contribution in [0.15, 0.2) is 34.9 Å². The van der Waals surface area contributed by atoms with Crippen LogP contribution < -0.4 is 5.32 Å². The Morgan fingerprint density at radius 2 is 2.04 bits per heavy atom. The van der Waals surface area contributed by atoms with Crippen molar-refractivity contribution in [3.05, 3.63) is 51.9 Å². The molecule has 4 rings (SSSR count). The van der Waals surface area contributed by atoms with E-state index in [0.29, 0.717) is 19.1 Å². The largest absolute Gasteiger partial charge is 0.305 e. The number of hydrogen-bond acceptors (Lipinski definition) is 4. The van der Waals surface area contributed by atoms with Crippen LogP contribution in [-0.4, -0.2) is 20.0 Å². The van der Waals surface area contributed by atoms with E-state index >= 15 is 0 Å². The molecular weight excluding hydrogens is 366 g/mol. The molecule has 0 aliphatic heterocycles. The lowest BCUT2D eigenvalue weighted by molar-refractivity contribution is 0.284. The van der Waals surface area contributed by atoms with Crippen LogP contribution >= 0.6 is 15.9 Å². The van der Waals surface area contributed by atoms with Crippen molar-refractivity contribution in [2.24, 2.45) is 0 Å². The Balaban J connectivity index is 1.40. The third-order valence-electron chi connectivity index (χ3n) is 4.57. The van der Waals surface area contributed by atoms with Crippen molar-refractivity contribution in [1.29, 1.82) is 0 Å². The van der Waals surface area contributed by atoms with Crippen LogP contribution in [0.5, 0.6) is 0 Å². The zero-order valence-electron chi connectivity index (χ0n) is 13.7. The molecular formula is C18H20BrN5. The molecule has 5 nitrogen and oxygen atoms in total. The molecule has 0 atom stereocenters. The molecule has 124 valence electrons. The standard InChI is InChI=1S/C18H20BrN5/c1-12-7-13-5-6-14(21-18(13)17(19)8-12)9-20-10-15-11-24(23-22-15)16-3-2-4-16/h5-8,11,16,20H,2-4,9-10H2,1H3. The number of pyridine rings is 1. The molecule has 6 heteroatoms. The summed E-state index contributed by atoms with van der Waals surface area (Å²) in [5.41, 5.74) is 4.25.